The Kier molecular flexibility index (Phi) is 7.18. The Morgan fingerprint density at radius 2 is 1.97 bits per heavy atom. The van der Waals surface area contributed by atoms with Crippen molar-refractivity contribution in [3.05, 3.63) is 71.8 Å². The molecule has 4 heterocycles. The lowest BCUT2D eigenvalue weighted by atomic mass is 10.0. The number of fused-ring (bicyclic) bond motifs is 1. The van der Waals surface area contributed by atoms with Gasteiger partial charge in [-0.25, -0.2) is 18.9 Å². The summed E-state index contributed by atoms with van der Waals surface area (Å²) in [6.45, 7) is 11.6. The van der Waals surface area contributed by atoms with Crippen LogP contribution < -0.4 is 15.4 Å². The summed E-state index contributed by atoms with van der Waals surface area (Å²) in [5.74, 6) is 0.846. The Bertz CT molecular complexity index is 1530. The molecule has 0 spiro atoms. The van der Waals surface area contributed by atoms with Gasteiger partial charge in [-0.15, -0.1) is 5.10 Å². The van der Waals surface area contributed by atoms with Gasteiger partial charge in [-0.1, -0.05) is 0 Å². The number of rotatable bonds is 8. The number of aromatic amines is 1. The molecule has 0 bridgehead atoms. The molecule has 11 heteroatoms. The number of hydrogen-bond acceptors (Lipinski definition) is 8. The summed E-state index contributed by atoms with van der Waals surface area (Å²) in [5, 5.41) is 18.4. The molecule has 1 aliphatic heterocycles. The van der Waals surface area contributed by atoms with Crippen LogP contribution in [0.1, 0.15) is 12.6 Å². The van der Waals surface area contributed by atoms with Crippen LogP contribution in [-0.2, 0) is 0 Å². The maximum absolute atomic E-state index is 14.1. The normalized spacial score (nSPS) is 14.7. The van der Waals surface area contributed by atoms with Gasteiger partial charge in [-0.2, -0.15) is 5.10 Å². The zero-order chi connectivity index (χ0) is 26.6. The predicted octanol–water partition coefficient (Wildman–Crippen LogP) is 4.01. The predicted molar refractivity (Wildman–Crippen MR) is 147 cm³/mol. The first kappa shape index (κ1) is 25.2. The van der Waals surface area contributed by atoms with Gasteiger partial charge in [0.25, 0.3) is 0 Å². The van der Waals surface area contributed by atoms with Gasteiger partial charge in [0.2, 0.25) is 5.95 Å². The average Bonchev–Trinajstić information content (AvgIpc) is 3.53. The van der Waals surface area contributed by atoms with Crippen LogP contribution in [0.5, 0.6) is 5.75 Å². The standard InChI is InChI=1S/C27H30FN9O/c1-17(36-11-9-30-10-12-36)5-8-25(29-3)33-27-31-15-20-14-22(23-16-32-34-18(23)2)26(37(20)35-27)21-7-6-19(28)13-24(21)38-4/h5-8,13-16,30H,3,9-12H2,1-2,4H3,(H,32,34)(H,33,35)/b17-5+,25-8+. The third-order valence-electron chi connectivity index (χ3n) is 6.56. The summed E-state index contributed by atoms with van der Waals surface area (Å²) in [6.07, 6.45) is 7.34. The molecule has 4 aromatic rings. The Hall–Kier alpha value is -4.51. The van der Waals surface area contributed by atoms with E-state index in [1.807, 2.05) is 25.1 Å². The smallest absolute Gasteiger partial charge is 0.246 e. The number of nitrogens with one attached hydrogen (secondary N) is 3. The van der Waals surface area contributed by atoms with Gasteiger partial charge in [-0.3, -0.25) is 5.10 Å². The topological polar surface area (TPSA) is 108 Å². The Labute approximate surface area is 219 Å². The van der Waals surface area contributed by atoms with Crippen LogP contribution >= 0.6 is 0 Å². The second kappa shape index (κ2) is 10.9. The lowest BCUT2D eigenvalue weighted by Gasteiger charge is -2.29. The van der Waals surface area contributed by atoms with E-state index in [1.54, 1.807) is 23.0 Å². The first-order chi connectivity index (χ1) is 18.5. The van der Waals surface area contributed by atoms with E-state index in [0.717, 1.165) is 59.9 Å². The molecule has 10 nitrogen and oxygen atoms in total. The monoisotopic (exact) mass is 515 g/mol. The Morgan fingerprint density at radius 1 is 1.16 bits per heavy atom. The summed E-state index contributed by atoms with van der Waals surface area (Å²) in [5.41, 5.74) is 5.94. The van der Waals surface area contributed by atoms with Gasteiger partial charge in [0.15, 0.2) is 0 Å². The van der Waals surface area contributed by atoms with Crippen molar-refractivity contribution in [3.63, 3.8) is 0 Å². The minimum atomic E-state index is -0.388. The molecule has 1 aliphatic rings. The zero-order valence-electron chi connectivity index (χ0n) is 21.6. The molecule has 196 valence electrons. The van der Waals surface area contributed by atoms with E-state index in [1.165, 1.54) is 19.2 Å². The van der Waals surface area contributed by atoms with Crippen LogP contribution in [0.3, 0.4) is 0 Å². The summed E-state index contributed by atoms with van der Waals surface area (Å²) >= 11 is 0. The molecule has 1 fully saturated rings. The van der Waals surface area contributed by atoms with E-state index in [4.69, 9.17) is 9.84 Å². The molecule has 1 aromatic carbocycles. The Balaban J connectivity index is 1.57. The molecule has 5 rings (SSSR count). The average molecular weight is 516 g/mol. The number of aryl methyl sites for hydroxylation is 1. The number of halogens is 1. The van der Waals surface area contributed by atoms with E-state index in [0.29, 0.717) is 23.1 Å². The third kappa shape index (κ3) is 5.00. The highest BCUT2D eigenvalue weighted by Crippen LogP contribution is 2.40. The number of aromatic nitrogens is 5. The molecular formula is C27H30FN9O. The van der Waals surface area contributed by atoms with Crippen molar-refractivity contribution in [2.75, 3.05) is 38.6 Å². The first-order valence-electron chi connectivity index (χ1n) is 12.3. The van der Waals surface area contributed by atoms with Gasteiger partial charge in [0, 0.05) is 60.3 Å². The van der Waals surface area contributed by atoms with Crippen molar-refractivity contribution in [2.24, 2.45) is 4.99 Å². The van der Waals surface area contributed by atoms with Crippen LogP contribution in [0.4, 0.5) is 10.3 Å². The van der Waals surface area contributed by atoms with Crippen LogP contribution in [-0.4, -0.2) is 69.7 Å². The summed E-state index contributed by atoms with van der Waals surface area (Å²) in [6, 6.07) is 6.42. The van der Waals surface area contributed by atoms with Gasteiger partial charge >= 0.3 is 0 Å². The maximum Gasteiger partial charge on any atom is 0.246 e. The highest BCUT2D eigenvalue weighted by molar-refractivity contribution is 5.89. The fraction of sp³-hybridized carbons (Fsp3) is 0.259. The molecule has 1 saturated heterocycles. The van der Waals surface area contributed by atoms with Crippen molar-refractivity contribution >= 4 is 18.2 Å². The summed E-state index contributed by atoms with van der Waals surface area (Å²) in [7, 11) is 1.52. The molecule has 0 radical (unpaired) electrons. The largest absolute Gasteiger partial charge is 0.496 e. The second-order valence-corrected chi connectivity index (χ2v) is 8.96. The van der Waals surface area contributed by atoms with Crippen LogP contribution in [0.2, 0.25) is 0 Å². The molecule has 0 saturated carbocycles. The number of benzene rings is 1. The van der Waals surface area contributed by atoms with Crippen LogP contribution in [0.25, 0.3) is 27.9 Å². The first-order valence-corrected chi connectivity index (χ1v) is 12.3. The molecule has 38 heavy (non-hydrogen) atoms. The molecular weight excluding hydrogens is 485 g/mol. The van der Waals surface area contributed by atoms with E-state index in [-0.39, 0.29) is 5.82 Å². The SMILES string of the molecule is C=N/C(=C\C=C(/C)N1CCNCC1)Nc1ncc2cc(-c3cn[nH]c3C)c(-c3ccc(F)cc3OC)n2n1. The number of piperazine rings is 1. The van der Waals surface area contributed by atoms with E-state index in [2.05, 4.69) is 49.3 Å². The number of nitrogens with zero attached hydrogens (tertiary/aromatic N) is 6. The molecule has 3 N–H and O–H groups in total. The molecule has 3 aromatic heterocycles. The van der Waals surface area contributed by atoms with Crippen LogP contribution in [0, 0.1) is 12.7 Å². The lowest BCUT2D eigenvalue weighted by Crippen LogP contribution is -2.42. The quantitative estimate of drug-likeness (QED) is 0.240. The van der Waals surface area contributed by atoms with Gasteiger partial charge in [-0.05, 0) is 50.9 Å². The maximum atomic E-state index is 14.1. The van der Waals surface area contributed by atoms with Crippen molar-refractivity contribution < 1.29 is 9.13 Å². The number of aliphatic imine (C=N–C) groups is 1. The van der Waals surface area contributed by atoms with Crippen molar-refractivity contribution in [3.8, 4) is 28.1 Å². The molecule has 0 aliphatic carbocycles. The number of H-pyrrole nitrogens is 1. The molecule has 0 atom stereocenters. The van der Waals surface area contributed by atoms with Gasteiger partial charge < -0.3 is 20.3 Å². The number of allylic oxidation sites excluding steroid dienone is 3. The van der Waals surface area contributed by atoms with Gasteiger partial charge in [0.05, 0.1) is 30.7 Å². The summed E-state index contributed by atoms with van der Waals surface area (Å²) < 4.78 is 21.3. The highest BCUT2D eigenvalue weighted by Gasteiger charge is 2.21. The second-order valence-electron chi connectivity index (χ2n) is 8.96. The summed E-state index contributed by atoms with van der Waals surface area (Å²) in [4.78, 5) is 10.9. The minimum absolute atomic E-state index is 0.331. The van der Waals surface area contributed by atoms with Crippen molar-refractivity contribution in [2.45, 2.75) is 13.8 Å². The Morgan fingerprint density at radius 3 is 2.68 bits per heavy atom. The molecule has 0 amide bonds. The lowest BCUT2D eigenvalue weighted by molar-refractivity contribution is 0.300. The number of methoxy groups -OCH3 is 1. The fourth-order valence-corrected chi connectivity index (χ4v) is 4.54. The molecule has 0 unspecified atom stereocenters. The minimum Gasteiger partial charge on any atom is -0.496 e. The number of ether oxygens (including phenoxy) is 1. The zero-order valence-corrected chi connectivity index (χ0v) is 21.6. The highest BCUT2D eigenvalue weighted by atomic mass is 19.1. The van der Waals surface area contributed by atoms with E-state index in [9.17, 15) is 4.39 Å². The fourth-order valence-electron chi connectivity index (χ4n) is 4.54. The van der Waals surface area contributed by atoms with Gasteiger partial charge in [0.1, 0.15) is 17.4 Å². The number of anilines is 1. The van der Waals surface area contributed by atoms with Crippen LogP contribution in [0.15, 0.2) is 65.3 Å². The third-order valence-corrected chi connectivity index (χ3v) is 6.56. The van der Waals surface area contributed by atoms with E-state index >= 15 is 0 Å². The van der Waals surface area contributed by atoms with E-state index < -0.39 is 0 Å². The van der Waals surface area contributed by atoms with Crippen molar-refractivity contribution in [1.29, 1.82) is 0 Å². The van der Waals surface area contributed by atoms with Crippen molar-refractivity contribution in [1.82, 2.24) is 35.0 Å². The number of hydrogen-bond donors (Lipinski definition) is 3.